The summed E-state index contributed by atoms with van der Waals surface area (Å²) in [6.45, 7) is 0. The molecule has 0 unspecified atom stereocenters. The molecule has 0 bridgehead atoms. The molecule has 0 saturated carbocycles. The summed E-state index contributed by atoms with van der Waals surface area (Å²) in [4.78, 5) is 11.4. The number of fused-ring (bicyclic) bond motifs is 2. The van der Waals surface area contributed by atoms with Gasteiger partial charge in [0.15, 0.2) is 0 Å². The highest BCUT2D eigenvalue weighted by Crippen LogP contribution is 2.27. The fourth-order valence-corrected chi connectivity index (χ4v) is 4.51. The Kier molecular flexibility index (Phi) is 4.12. The fraction of sp³-hybridized carbons (Fsp3) is 0.150. The van der Waals surface area contributed by atoms with E-state index >= 15 is 0 Å². The highest BCUT2D eigenvalue weighted by atomic mass is 32.2. The van der Waals surface area contributed by atoms with E-state index in [0.29, 0.717) is 18.5 Å². The molecule has 0 radical (unpaired) electrons. The summed E-state index contributed by atoms with van der Waals surface area (Å²) in [6.07, 6.45) is 1.03. The minimum Gasteiger partial charge on any atom is -0.326 e. The zero-order valence-electron chi connectivity index (χ0n) is 14.0. The van der Waals surface area contributed by atoms with E-state index in [-0.39, 0.29) is 11.7 Å². The number of aryl methyl sites for hydroxylation is 1. The number of hydrogen-bond donors (Lipinski definition) is 2. The van der Waals surface area contributed by atoms with E-state index in [1.165, 1.54) is 0 Å². The molecule has 6 heteroatoms. The highest BCUT2D eigenvalue weighted by molar-refractivity contribution is 7.91. The van der Waals surface area contributed by atoms with Crippen molar-refractivity contribution in [2.24, 2.45) is 0 Å². The van der Waals surface area contributed by atoms with Gasteiger partial charge in [-0.1, -0.05) is 42.5 Å². The van der Waals surface area contributed by atoms with Crippen LogP contribution in [0.1, 0.15) is 17.5 Å². The summed E-state index contributed by atoms with van der Waals surface area (Å²) in [7, 11) is -3.55. The quantitative estimate of drug-likeness (QED) is 0.740. The van der Waals surface area contributed by atoms with E-state index in [9.17, 15) is 13.2 Å². The third kappa shape index (κ3) is 3.41. The number of benzene rings is 3. The average Bonchev–Trinajstić information content (AvgIpc) is 2.61. The van der Waals surface area contributed by atoms with Crippen molar-refractivity contribution in [3.05, 3.63) is 71.8 Å². The number of carbonyl (C=O) groups is 1. The second-order valence-electron chi connectivity index (χ2n) is 6.42. The molecule has 0 fully saturated rings. The van der Waals surface area contributed by atoms with Crippen LogP contribution in [0.5, 0.6) is 0 Å². The van der Waals surface area contributed by atoms with Crippen LogP contribution in [0.2, 0.25) is 0 Å². The van der Waals surface area contributed by atoms with Crippen LogP contribution < -0.4 is 10.0 Å². The zero-order chi connectivity index (χ0) is 18.1. The van der Waals surface area contributed by atoms with Gasteiger partial charge < -0.3 is 5.32 Å². The molecule has 132 valence electrons. The lowest BCUT2D eigenvalue weighted by Gasteiger charge is -2.18. The van der Waals surface area contributed by atoms with E-state index in [2.05, 4.69) is 10.0 Å². The number of amides is 1. The van der Waals surface area contributed by atoms with Gasteiger partial charge in [-0.15, -0.1) is 0 Å². The van der Waals surface area contributed by atoms with E-state index < -0.39 is 10.0 Å². The molecule has 0 aromatic heterocycles. The molecule has 0 saturated heterocycles. The number of sulfonamides is 1. The molecule has 1 heterocycles. The molecule has 0 atom stereocenters. The molecule has 4 rings (SSSR count). The van der Waals surface area contributed by atoms with Crippen LogP contribution in [0.25, 0.3) is 10.8 Å². The summed E-state index contributed by atoms with van der Waals surface area (Å²) in [6, 6.07) is 18.6. The van der Waals surface area contributed by atoms with Gasteiger partial charge >= 0.3 is 0 Å². The Labute approximate surface area is 152 Å². The van der Waals surface area contributed by atoms with Gasteiger partial charge in [0.05, 0.1) is 5.75 Å². The van der Waals surface area contributed by atoms with Gasteiger partial charge in [0.25, 0.3) is 0 Å². The molecule has 5 nitrogen and oxygen atoms in total. The van der Waals surface area contributed by atoms with Crippen molar-refractivity contribution in [2.45, 2.75) is 18.6 Å². The largest absolute Gasteiger partial charge is 0.326 e. The van der Waals surface area contributed by atoms with Crippen LogP contribution in [0.4, 0.5) is 11.4 Å². The first kappa shape index (κ1) is 16.6. The number of anilines is 2. The predicted octanol–water partition coefficient (Wildman–Crippen LogP) is 3.67. The molecule has 1 aliphatic heterocycles. The SMILES string of the molecule is O=C1CCc2cc(NS(=O)(=O)Cc3cccc4ccccc34)ccc2N1. The number of hydrogen-bond acceptors (Lipinski definition) is 3. The maximum atomic E-state index is 12.7. The summed E-state index contributed by atoms with van der Waals surface area (Å²) < 4.78 is 28.0. The first-order valence-electron chi connectivity index (χ1n) is 8.40. The van der Waals surface area contributed by atoms with E-state index in [0.717, 1.165) is 27.6 Å². The lowest BCUT2D eigenvalue weighted by molar-refractivity contribution is -0.116. The van der Waals surface area contributed by atoms with E-state index in [1.54, 1.807) is 18.2 Å². The maximum Gasteiger partial charge on any atom is 0.236 e. The smallest absolute Gasteiger partial charge is 0.236 e. The molecule has 0 spiro atoms. The monoisotopic (exact) mass is 366 g/mol. The Morgan fingerprint density at radius 3 is 2.65 bits per heavy atom. The van der Waals surface area contributed by atoms with Crippen molar-refractivity contribution in [3.8, 4) is 0 Å². The van der Waals surface area contributed by atoms with Gasteiger partial charge in [0.2, 0.25) is 15.9 Å². The number of nitrogens with one attached hydrogen (secondary N) is 2. The summed E-state index contributed by atoms with van der Waals surface area (Å²) in [5.41, 5.74) is 2.97. The Hall–Kier alpha value is -2.86. The topological polar surface area (TPSA) is 75.3 Å². The lowest BCUT2D eigenvalue weighted by atomic mass is 10.0. The molecule has 1 amide bonds. The van der Waals surface area contributed by atoms with Crippen molar-refractivity contribution in [1.82, 2.24) is 0 Å². The lowest BCUT2D eigenvalue weighted by Crippen LogP contribution is -2.20. The van der Waals surface area contributed by atoms with Crippen LogP contribution in [0.15, 0.2) is 60.7 Å². The normalized spacial score (nSPS) is 13.9. The van der Waals surface area contributed by atoms with Crippen molar-refractivity contribution in [3.63, 3.8) is 0 Å². The first-order chi connectivity index (χ1) is 12.5. The molecule has 1 aliphatic rings. The summed E-state index contributed by atoms with van der Waals surface area (Å²) >= 11 is 0. The maximum absolute atomic E-state index is 12.7. The minimum atomic E-state index is -3.55. The van der Waals surface area contributed by atoms with E-state index in [1.807, 2.05) is 42.5 Å². The highest BCUT2D eigenvalue weighted by Gasteiger charge is 2.17. The molecule has 26 heavy (non-hydrogen) atoms. The molecule has 3 aromatic rings. The Balaban J connectivity index is 1.59. The van der Waals surface area contributed by atoms with E-state index in [4.69, 9.17) is 0 Å². The summed E-state index contributed by atoms with van der Waals surface area (Å²) in [5.74, 6) is -0.107. The molecular formula is C20H18N2O3S. The van der Waals surface area contributed by atoms with Gasteiger partial charge in [-0.05, 0) is 46.5 Å². The summed E-state index contributed by atoms with van der Waals surface area (Å²) in [5, 5.41) is 4.75. The third-order valence-corrected chi connectivity index (χ3v) is 5.74. The van der Waals surface area contributed by atoms with Gasteiger partial charge in [0.1, 0.15) is 0 Å². The molecular weight excluding hydrogens is 348 g/mol. The Morgan fingerprint density at radius 2 is 1.77 bits per heavy atom. The first-order valence-corrected chi connectivity index (χ1v) is 10.1. The minimum absolute atomic E-state index is 0.0122. The predicted molar refractivity (Wildman–Crippen MR) is 104 cm³/mol. The molecule has 0 aliphatic carbocycles. The van der Waals surface area contributed by atoms with Crippen LogP contribution in [-0.2, 0) is 27.0 Å². The Morgan fingerprint density at radius 1 is 0.962 bits per heavy atom. The average molecular weight is 366 g/mol. The van der Waals surface area contributed by atoms with Crippen molar-refractivity contribution < 1.29 is 13.2 Å². The van der Waals surface area contributed by atoms with Crippen molar-refractivity contribution in [2.75, 3.05) is 10.0 Å². The number of rotatable bonds is 4. The van der Waals surface area contributed by atoms with Crippen LogP contribution in [0, 0.1) is 0 Å². The standard InChI is InChI=1S/C20H18N2O3S/c23-20-11-8-15-12-17(9-10-19(15)21-20)22-26(24,25)13-16-6-3-5-14-4-1-2-7-18(14)16/h1-7,9-10,12,22H,8,11,13H2,(H,21,23). The fourth-order valence-electron chi connectivity index (χ4n) is 3.29. The molecule has 2 N–H and O–H groups in total. The second kappa shape index (κ2) is 6.46. The van der Waals surface area contributed by atoms with Crippen molar-refractivity contribution >= 4 is 38.1 Å². The molecule has 3 aromatic carbocycles. The van der Waals surface area contributed by atoms with Gasteiger partial charge in [-0.2, -0.15) is 0 Å². The van der Waals surface area contributed by atoms with Crippen LogP contribution >= 0.6 is 0 Å². The zero-order valence-corrected chi connectivity index (χ0v) is 14.8. The third-order valence-electron chi connectivity index (χ3n) is 4.50. The van der Waals surface area contributed by atoms with Crippen LogP contribution in [-0.4, -0.2) is 14.3 Å². The van der Waals surface area contributed by atoms with Gasteiger partial charge in [0, 0.05) is 17.8 Å². The second-order valence-corrected chi connectivity index (χ2v) is 8.14. The van der Waals surface area contributed by atoms with Gasteiger partial charge in [-0.3, -0.25) is 9.52 Å². The van der Waals surface area contributed by atoms with Crippen molar-refractivity contribution in [1.29, 1.82) is 0 Å². The number of carbonyl (C=O) groups excluding carboxylic acids is 1. The Bertz CT molecular complexity index is 1100. The van der Waals surface area contributed by atoms with Crippen LogP contribution in [0.3, 0.4) is 0 Å². The van der Waals surface area contributed by atoms with Gasteiger partial charge in [-0.25, -0.2) is 8.42 Å².